The summed E-state index contributed by atoms with van der Waals surface area (Å²) in [5, 5.41) is 13.3. The summed E-state index contributed by atoms with van der Waals surface area (Å²) in [6, 6.07) is 61.3. The van der Waals surface area contributed by atoms with Crippen LogP contribution in [0.25, 0.3) is 0 Å². The zero-order valence-corrected chi connectivity index (χ0v) is 33.2. The standard InChI is InChI=1S/C52H50N2O5/c55-34-32-46-25-30-50(59-38-43-19-11-4-12-20-43)51(53-39-56)52(46)54(35-40-13-5-1-6-14-40)33-31-49(44-21-26-47(27-22-44)57-36-41-15-7-2-8-16-41)45-23-28-48(29-24-45)58-37-42-17-9-3-10-18-42/h1-30,39,49,55H,31-38H2,(H,53,56). The largest absolute Gasteiger partial charge is 0.489 e. The number of carbonyl (C=O) groups excluding carboxylic acids is 1. The monoisotopic (exact) mass is 782 g/mol. The van der Waals surface area contributed by atoms with E-state index in [2.05, 4.69) is 70.9 Å². The molecule has 7 heteroatoms. The molecule has 0 aromatic heterocycles. The number of nitrogens with one attached hydrogen (secondary N) is 1. The minimum absolute atomic E-state index is 0.000838. The van der Waals surface area contributed by atoms with Gasteiger partial charge in [-0.1, -0.05) is 152 Å². The Morgan fingerprint density at radius 2 is 1.00 bits per heavy atom. The highest BCUT2D eigenvalue weighted by molar-refractivity contribution is 5.88. The molecule has 7 aromatic rings. The molecule has 7 aromatic carbocycles. The third-order valence-electron chi connectivity index (χ3n) is 10.3. The molecule has 0 fully saturated rings. The Balaban J connectivity index is 1.21. The van der Waals surface area contributed by atoms with E-state index in [4.69, 9.17) is 14.2 Å². The number of carbonyl (C=O) groups is 1. The molecule has 0 aliphatic heterocycles. The lowest BCUT2D eigenvalue weighted by molar-refractivity contribution is -0.105. The van der Waals surface area contributed by atoms with Crippen LogP contribution in [-0.4, -0.2) is 24.7 Å². The summed E-state index contributed by atoms with van der Waals surface area (Å²) in [6.45, 7) is 2.46. The Bertz CT molecular complexity index is 2220. The third-order valence-corrected chi connectivity index (χ3v) is 10.3. The van der Waals surface area contributed by atoms with Crippen molar-refractivity contribution in [2.24, 2.45) is 0 Å². The van der Waals surface area contributed by atoms with Crippen LogP contribution in [0.1, 0.15) is 51.3 Å². The van der Waals surface area contributed by atoms with Gasteiger partial charge in [-0.15, -0.1) is 0 Å². The number of nitrogens with zero attached hydrogens (tertiary/aromatic N) is 1. The van der Waals surface area contributed by atoms with Crippen LogP contribution in [0.4, 0.5) is 11.4 Å². The zero-order chi connectivity index (χ0) is 40.5. The zero-order valence-electron chi connectivity index (χ0n) is 33.2. The van der Waals surface area contributed by atoms with Crippen LogP contribution in [0, 0.1) is 0 Å². The first-order valence-electron chi connectivity index (χ1n) is 20.1. The predicted octanol–water partition coefficient (Wildman–Crippen LogP) is 10.8. The number of aliphatic hydroxyl groups is 1. The first kappa shape index (κ1) is 40.4. The maximum absolute atomic E-state index is 12.3. The van der Waals surface area contributed by atoms with Gasteiger partial charge in [0.2, 0.25) is 6.41 Å². The van der Waals surface area contributed by atoms with Gasteiger partial charge in [0.25, 0.3) is 0 Å². The Morgan fingerprint density at radius 3 is 1.46 bits per heavy atom. The van der Waals surface area contributed by atoms with E-state index in [1.165, 1.54) is 0 Å². The average Bonchev–Trinajstić information content (AvgIpc) is 3.29. The van der Waals surface area contributed by atoms with E-state index in [1.807, 2.05) is 121 Å². The number of hydrogen-bond acceptors (Lipinski definition) is 6. The summed E-state index contributed by atoms with van der Waals surface area (Å²) < 4.78 is 18.7. The summed E-state index contributed by atoms with van der Waals surface area (Å²) in [5.41, 5.74) is 8.98. The molecule has 0 bridgehead atoms. The Hall–Kier alpha value is -6.83. The van der Waals surface area contributed by atoms with Gasteiger partial charge < -0.3 is 29.5 Å². The Kier molecular flexibility index (Phi) is 14.4. The van der Waals surface area contributed by atoms with Crippen LogP contribution >= 0.6 is 0 Å². The number of anilines is 2. The molecular weight excluding hydrogens is 733 g/mol. The highest BCUT2D eigenvalue weighted by atomic mass is 16.5. The van der Waals surface area contributed by atoms with E-state index >= 15 is 0 Å². The smallest absolute Gasteiger partial charge is 0.211 e. The summed E-state index contributed by atoms with van der Waals surface area (Å²) in [6.07, 6.45) is 1.84. The molecule has 0 saturated carbocycles. The molecule has 298 valence electrons. The van der Waals surface area contributed by atoms with Gasteiger partial charge in [0, 0.05) is 25.6 Å². The van der Waals surface area contributed by atoms with Gasteiger partial charge >= 0.3 is 0 Å². The summed E-state index contributed by atoms with van der Waals surface area (Å²) in [5.74, 6) is 2.17. The molecule has 0 spiro atoms. The minimum Gasteiger partial charge on any atom is -0.489 e. The van der Waals surface area contributed by atoms with Gasteiger partial charge in [0.1, 0.15) is 42.8 Å². The van der Waals surface area contributed by atoms with Crippen LogP contribution in [0.5, 0.6) is 17.2 Å². The van der Waals surface area contributed by atoms with E-state index in [-0.39, 0.29) is 12.5 Å². The minimum atomic E-state index is -0.0447. The average molecular weight is 783 g/mol. The number of rotatable bonds is 21. The lowest BCUT2D eigenvalue weighted by Crippen LogP contribution is -2.28. The molecule has 1 amide bonds. The second-order valence-electron chi connectivity index (χ2n) is 14.4. The van der Waals surface area contributed by atoms with Crippen LogP contribution in [0.3, 0.4) is 0 Å². The van der Waals surface area contributed by atoms with E-state index in [1.54, 1.807) is 0 Å². The van der Waals surface area contributed by atoms with Crippen molar-refractivity contribution in [2.45, 2.75) is 45.1 Å². The van der Waals surface area contributed by atoms with Gasteiger partial charge in [0.05, 0.1) is 5.69 Å². The van der Waals surface area contributed by atoms with Crippen molar-refractivity contribution in [3.63, 3.8) is 0 Å². The third kappa shape index (κ3) is 11.4. The molecule has 2 N–H and O–H groups in total. The molecule has 0 unspecified atom stereocenters. The van der Waals surface area contributed by atoms with Crippen molar-refractivity contribution >= 4 is 17.8 Å². The normalized spacial score (nSPS) is 10.9. The molecular formula is C52H50N2O5. The number of aliphatic hydroxyl groups excluding tert-OH is 1. The molecule has 7 rings (SSSR count). The van der Waals surface area contributed by atoms with E-state index in [0.717, 1.165) is 62.6 Å². The number of amides is 1. The van der Waals surface area contributed by atoms with E-state index in [0.29, 0.717) is 57.2 Å². The summed E-state index contributed by atoms with van der Waals surface area (Å²) in [7, 11) is 0. The highest BCUT2D eigenvalue weighted by Crippen LogP contribution is 2.41. The van der Waals surface area contributed by atoms with Gasteiger partial charge in [-0.2, -0.15) is 0 Å². The maximum Gasteiger partial charge on any atom is 0.211 e. The van der Waals surface area contributed by atoms with Gasteiger partial charge in [0.15, 0.2) is 0 Å². The molecule has 0 heterocycles. The molecule has 0 atom stereocenters. The van der Waals surface area contributed by atoms with Crippen molar-refractivity contribution in [3.8, 4) is 17.2 Å². The van der Waals surface area contributed by atoms with E-state index in [9.17, 15) is 9.90 Å². The van der Waals surface area contributed by atoms with Gasteiger partial charge in [-0.25, -0.2) is 0 Å². The predicted molar refractivity (Wildman–Crippen MR) is 236 cm³/mol. The molecule has 7 nitrogen and oxygen atoms in total. The fourth-order valence-electron chi connectivity index (χ4n) is 7.31. The van der Waals surface area contributed by atoms with Gasteiger partial charge in [-0.3, -0.25) is 4.79 Å². The van der Waals surface area contributed by atoms with Crippen molar-refractivity contribution in [1.82, 2.24) is 0 Å². The van der Waals surface area contributed by atoms with Crippen LogP contribution in [0.2, 0.25) is 0 Å². The molecule has 0 radical (unpaired) electrons. The summed E-state index contributed by atoms with van der Waals surface area (Å²) >= 11 is 0. The Morgan fingerprint density at radius 1 is 0.542 bits per heavy atom. The van der Waals surface area contributed by atoms with Crippen molar-refractivity contribution < 1.29 is 24.1 Å². The Labute approximate surface area is 347 Å². The highest BCUT2D eigenvalue weighted by Gasteiger charge is 2.24. The lowest BCUT2D eigenvalue weighted by atomic mass is 9.88. The second-order valence-corrected chi connectivity index (χ2v) is 14.4. The van der Waals surface area contributed by atoms with Crippen LogP contribution in [-0.2, 0) is 37.6 Å². The topological polar surface area (TPSA) is 80.3 Å². The summed E-state index contributed by atoms with van der Waals surface area (Å²) in [4.78, 5) is 14.6. The fourth-order valence-corrected chi connectivity index (χ4v) is 7.31. The fraction of sp³-hybridized carbons (Fsp3) is 0.173. The number of ether oxygens (including phenoxy) is 3. The SMILES string of the molecule is O=CNc1c(OCc2ccccc2)ccc(CCO)c1N(CCC(c1ccc(OCc2ccccc2)cc1)c1ccc(OCc2ccccc2)cc1)Cc1ccccc1. The molecule has 59 heavy (non-hydrogen) atoms. The van der Waals surface area contributed by atoms with E-state index < -0.39 is 0 Å². The second kappa shape index (κ2) is 21.1. The van der Waals surface area contributed by atoms with Crippen LogP contribution < -0.4 is 24.4 Å². The van der Waals surface area contributed by atoms with Crippen molar-refractivity contribution in [3.05, 3.63) is 221 Å². The van der Waals surface area contributed by atoms with Crippen LogP contribution in [0.15, 0.2) is 182 Å². The van der Waals surface area contributed by atoms with Gasteiger partial charge in [-0.05, 0) is 82.1 Å². The maximum atomic E-state index is 12.3. The molecule has 0 aliphatic carbocycles. The first-order chi connectivity index (χ1) is 29.2. The van der Waals surface area contributed by atoms with Crippen molar-refractivity contribution in [1.29, 1.82) is 0 Å². The quantitative estimate of drug-likeness (QED) is 0.0707. The number of benzene rings is 7. The number of hydrogen-bond donors (Lipinski definition) is 2. The first-order valence-corrected chi connectivity index (χ1v) is 20.1. The van der Waals surface area contributed by atoms with Crippen molar-refractivity contribution in [2.75, 3.05) is 23.4 Å². The molecule has 0 saturated heterocycles. The lowest BCUT2D eigenvalue weighted by Gasteiger charge is -2.32. The molecule has 0 aliphatic rings.